The second-order valence-corrected chi connectivity index (χ2v) is 6.70. The number of primary amides is 1. The highest BCUT2D eigenvalue weighted by atomic mass is 16.1. The standard InChI is InChI=1S/C23H21N2O/c1-3-16-11-12-18-21(13-16)25(14-17-8-5-4-7-15(17)2)20-10-6-9-19(22(18)20)23(24)26/h4-11,13H,3,14H2,1-2H3,(H2,24,26). The van der Waals surface area contributed by atoms with Crippen molar-refractivity contribution in [2.75, 3.05) is 0 Å². The Hall–Kier alpha value is -3.07. The summed E-state index contributed by atoms with van der Waals surface area (Å²) in [5.74, 6) is -0.404. The molecule has 1 heterocycles. The van der Waals surface area contributed by atoms with Gasteiger partial charge in [-0.25, -0.2) is 0 Å². The van der Waals surface area contributed by atoms with Crippen LogP contribution in [0.1, 0.15) is 34.0 Å². The Kier molecular flexibility index (Phi) is 4.00. The minimum absolute atomic E-state index is 0.404. The molecule has 1 radical (unpaired) electrons. The lowest BCUT2D eigenvalue weighted by Gasteiger charge is -2.11. The maximum Gasteiger partial charge on any atom is 0.249 e. The molecule has 0 aliphatic heterocycles. The van der Waals surface area contributed by atoms with Crippen molar-refractivity contribution in [1.29, 1.82) is 0 Å². The van der Waals surface area contributed by atoms with E-state index >= 15 is 0 Å². The number of aromatic nitrogens is 1. The highest BCUT2D eigenvalue weighted by Gasteiger charge is 2.17. The lowest BCUT2D eigenvalue weighted by atomic mass is 10.0. The number of hydrogen-bond donors (Lipinski definition) is 1. The van der Waals surface area contributed by atoms with Crippen LogP contribution in [0, 0.1) is 13.0 Å². The van der Waals surface area contributed by atoms with Crippen molar-refractivity contribution in [3.05, 3.63) is 82.9 Å². The number of rotatable bonds is 4. The van der Waals surface area contributed by atoms with Gasteiger partial charge in [0.25, 0.3) is 0 Å². The number of carbonyl (C=O) groups is 1. The van der Waals surface area contributed by atoms with Crippen LogP contribution in [0.5, 0.6) is 0 Å². The molecule has 0 atom stereocenters. The molecule has 4 aromatic rings. The number of nitrogens with zero attached hydrogens (tertiary/aromatic N) is 1. The van der Waals surface area contributed by atoms with E-state index in [4.69, 9.17) is 5.73 Å². The van der Waals surface area contributed by atoms with E-state index in [0.29, 0.717) is 5.56 Å². The normalized spacial score (nSPS) is 11.3. The third kappa shape index (κ3) is 2.57. The largest absolute Gasteiger partial charge is 0.366 e. The molecule has 0 fully saturated rings. The van der Waals surface area contributed by atoms with Gasteiger partial charge in [0.2, 0.25) is 5.91 Å². The lowest BCUT2D eigenvalue weighted by molar-refractivity contribution is 0.100. The maximum absolute atomic E-state index is 12.0. The van der Waals surface area contributed by atoms with E-state index < -0.39 is 5.91 Å². The van der Waals surface area contributed by atoms with Gasteiger partial charge in [0.05, 0.1) is 11.0 Å². The van der Waals surface area contributed by atoms with Crippen LogP contribution in [-0.2, 0) is 13.0 Å². The number of carbonyl (C=O) groups excluding carboxylic acids is 1. The van der Waals surface area contributed by atoms with E-state index in [1.807, 2.05) is 12.1 Å². The zero-order valence-electron chi connectivity index (χ0n) is 15.0. The quantitative estimate of drug-likeness (QED) is 0.579. The fraction of sp³-hybridized carbons (Fsp3) is 0.174. The van der Waals surface area contributed by atoms with E-state index in [1.165, 1.54) is 16.7 Å². The Morgan fingerprint density at radius 1 is 1.12 bits per heavy atom. The molecule has 3 aromatic carbocycles. The van der Waals surface area contributed by atoms with Crippen molar-refractivity contribution in [3.63, 3.8) is 0 Å². The molecule has 26 heavy (non-hydrogen) atoms. The van der Waals surface area contributed by atoms with Crippen LogP contribution < -0.4 is 5.73 Å². The van der Waals surface area contributed by atoms with Crippen LogP contribution in [0.3, 0.4) is 0 Å². The summed E-state index contributed by atoms with van der Waals surface area (Å²) in [6.07, 6.45) is 0.945. The minimum atomic E-state index is -0.404. The van der Waals surface area contributed by atoms with Gasteiger partial charge in [0, 0.05) is 22.9 Å². The molecule has 0 aliphatic carbocycles. The summed E-state index contributed by atoms with van der Waals surface area (Å²) in [7, 11) is 0. The molecule has 0 saturated carbocycles. The molecule has 0 spiro atoms. The summed E-state index contributed by atoms with van der Waals surface area (Å²) in [6.45, 7) is 5.01. The SMILES string of the molecule is CCc1c[c]c2c3c(C(N)=O)cccc3n(Cc3ccccc3C)c2c1. The Bertz CT molecular complexity index is 1140. The molecule has 0 saturated heterocycles. The van der Waals surface area contributed by atoms with Gasteiger partial charge >= 0.3 is 0 Å². The first-order chi connectivity index (χ1) is 12.6. The average molecular weight is 341 g/mol. The molecule has 4 rings (SSSR count). The molecule has 0 aliphatic rings. The van der Waals surface area contributed by atoms with Gasteiger partial charge in [-0.3, -0.25) is 4.79 Å². The van der Waals surface area contributed by atoms with E-state index in [9.17, 15) is 4.79 Å². The Morgan fingerprint density at radius 2 is 1.92 bits per heavy atom. The zero-order chi connectivity index (χ0) is 18.3. The number of aryl methyl sites for hydroxylation is 2. The molecule has 2 N–H and O–H groups in total. The molecule has 3 heteroatoms. The van der Waals surface area contributed by atoms with Crippen LogP contribution >= 0.6 is 0 Å². The molecule has 3 nitrogen and oxygen atoms in total. The molecular weight excluding hydrogens is 320 g/mol. The van der Waals surface area contributed by atoms with Crippen molar-refractivity contribution < 1.29 is 4.79 Å². The van der Waals surface area contributed by atoms with Gasteiger partial charge in [0.15, 0.2) is 0 Å². The van der Waals surface area contributed by atoms with Gasteiger partial charge in [-0.15, -0.1) is 0 Å². The van der Waals surface area contributed by atoms with Crippen LogP contribution in [-0.4, -0.2) is 10.5 Å². The number of amides is 1. The van der Waals surface area contributed by atoms with E-state index in [-0.39, 0.29) is 0 Å². The second kappa shape index (κ2) is 6.34. The first-order valence-corrected chi connectivity index (χ1v) is 8.90. The van der Waals surface area contributed by atoms with Gasteiger partial charge in [-0.2, -0.15) is 0 Å². The first-order valence-electron chi connectivity index (χ1n) is 8.90. The Labute approximate surface area is 153 Å². The zero-order valence-corrected chi connectivity index (χ0v) is 15.0. The van der Waals surface area contributed by atoms with Crippen LogP contribution in [0.2, 0.25) is 0 Å². The third-order valence-corrected chi connectivity index (χ3v) is 5.12. The second-order valence-electron chi connectivity index (χ2n) is 6.70. The van der Waals surface area contributed by atoms with Crippen LogP contribution in [0.25, 0.3) is 21.8 Å². The van der Waals surface area contributed by atoms with Gasteiger partial charge in [0.1, 0.15) is 0 Å². The topological polar surface area (TPSA) is 48.0 Å². The fourth-order valence-corrected chi connectivity index (χ4v) is 3.64. The van der Waals surface area contributed by atoms with Crippen molar-refractivity contribution >= 4 is 27.7 Å². The highest BCUT2D eigenvalue weighted by Crippen LogP contribution is 2.33. The Morgan fingerprint density at radius 3 is 2.65 bits per heavy atom. The lowest BCUT2D eigenvalue weighted by Crippen LogP contribution is -2.11. The van der Waals surface area contributed by atoms with E-state index in [1.54, 1.807) is 6.07 Å². The van der Waals surface area contributed by atoms with Crippen LogP contribution in [0.4, 0.5) is 0 Å². The molecule has 1 aromatic heterocycles. The van der Waals surface area contributed by atoms with Crippen LogP contribution in [0.15, 0.2) is 54.6 Å². The fourth-order valence-electron chi connectivity index (χ4n) is 3.64. The number of benzene rings is 3. The van der Waals surface area contributed by atoms with Crippen molar-refractivity contribution in [2.45, 2.75) is 26.8 Å². The highest BCUT2D eigenvalue weighted by molar-refractivity contribution is 6.17. The van der Waals surface area contributed by atoms with Gasteiger partial charge < -0.3 is 10.3 Å². The summed E-state index contributed by atoms with van der Waals surface area (Å²) in [5, 5.41) is 1.85. The van der Waals surface area contributed by atoms with Crippen molar-refractivity contribution in [3.8, 4) is 0 Å². The molecule has 129 valence electrons. The third-order valence-electron chi connectivity index (χ3n) is 5.12. The predicted molar refractivity (Wildman–Crippen MR) is 106 cm³/mol. The van der Waals surface area contributed by atoms with Crippen molar-refractivity contribution in [1.82, 2.24) is 4.57 Å². The first kappa shape index (κ1) is 16.4. The summed E-state index contributed by atoms with van der Waals surface area (Å²) in [5.41, 5.74) is 12.1. The monoisotopic (exact) mass is 341 g/mol. The summed E-state index contributed by atoms with van der Waals surface area (Å²) in [6, 6.07) is 21.8. The number of nitrogens with two attached hydrogens (primary N) is 1. The summed E-state index contributed by atoms with van der Waals surface area (Å²) < 4.78 is 2.27. The summed E-state index contributed by atoms with van der Waals surface area (Å²) in [4.78, 5) is 12.0. The minimum Gasteiger partial charge on any atom is -0.366 e. The molecule has 0 unspecified atom stereocenters. The summed E-state index contributed by atoms with van der Waals surface area (Å²) >= 11 is 0. The Balaban J connectivity index is 2.07. The van der Waals surface area contributed by atoms with E-state index in [0.717, 1.165) is 34.8 Å². The van der Waals surface area contributed by atoms with E-state index in [2.05, 4.69) is 60.9 Å². The molecular formula is C23H21N2O. The number of hydrogen-bond acceptors (Lipinski definition) is 1. The smallest absolute Gasteiger partial charge is 0.249 e. The predicted octanol–water partition coefficient (Wildman–Crippen LogP) is 4.61. The maximum atomic E-state index is 12.0. The van der Waals surface area contributed by atoms with Crippen molar-refractivity contribution in [2.24, 2.45) is 5.73 Å². The number of fused-ring (bicyclic) bond motifs is 3. The van der Waals surface area contributed by atoms with Gasteiger partial charge in [-0.1, -0.05) is 43.3 Å². The van der Waals surface area contributed by atoms with Gasteiger partial charge in [-0.05, 0) is 54.3 Å². The molecule has 0 bridgehead atoms. The molecule has 1 amide bonds. The average Bonchev–Trinajstić information content (AvgIpc) is 2.96.